The maximum absolute atomic E-state index is 13.5. The summed E-state index contributed by atoms with van der Waals surface area (Å²) in [5, 5.41) is 13.5. The van der Waals surface area contributed by atoms with Gasteiger partial charge in [0.05, 0.1) is 0 Å². The number of hydrogen-bond acceptors (Lipinski definition) is 3. The maximum atomic E-state index is 13.5. The number of phenols is 1. The molecule has 1 aromatic heterocycles. The number of amides is 1. The summed E-state index contributed by atoms with van der Waals surface area (Å²) in [5.74, 6) is 1.43. The summed E-state index contributed by atoms with van der Waals surface area (Å²) in [6.45, 7) is 2.55. The standard InChI is InChI=1S/C24H20ClNO3Se/c1-13-3-5-17-18(7-13)23-15(11-25)12-26(19(23)10-20(17)27)24(28)22-9-14-8-16(29-2)4-6-21(14)30-22/h3-10,15,27H,11-12H2,1-2H3/t15-/m1/s1. The van der Waals surface area contributed by atoms with Crippen molar-refractivity contribution >= 4 is 58.1 Å². The van der Waals surface area contributed by atoms with E-state index in [1.54, 1.807) is 18.1 Å². The summed E-state index contributed by atoms with van der Waals surface area (Å²) in [5.41, 5.74) is 2.94. The number of aryl methyl sites for hydroxylation is 1. The van der Waals surface area contributed by atoms with Crippen molar-refractivity contribution in [1.29, 1.82) is 0 Å². The SMILES string of the molecule is COc1ccc2[se]c(C(=O)N3C[C@@H](CCl)c4c3cc(O)c3ccc(C)cc43)cc2c1. The fourth-order valence-corrected chi connectivity index (χ4v) is 6.63. The second kappa shape index (κ2) is 7.35. The Morgan fingerprint density at radius 3 is 2.80 bits per heavy atom. The molecule has 0 unspecified atom stereocenters. The van der Waals surface area contributed by atoms with Crippen molar-refractivity contribution in [3.05, 3.63) is 64.1 Å². The fourth-order valence-electron chi connectivity index (χ4n) is 4.29. The van der Waals surface area contributed by atoms with Crippen LogP contribution in [-0.2, 0) is 0 Å². The molecular formula is C24H20ClNO3Se. The normalized spacial score (nSPS) is 15.7. The monoisotopic (exact) mass is 485 g/mol. The summed E-state index contributed by atoms with van der Waals surface area (Å²) >= 11 is 6.26. The summed E-state index contributed by atoms with van der Waals surface area (Å²) in [7, 11) is 1.64. The van der Waals surface area contributed by atoms with Gasteiger partial charge in [-0.3, -0.25) is 0 Å². The molecule has 1 aliphatic rings. The van der Waals surface area contributed by atoms with Crippen molar-refractivity contribution in [2.45, 2.75) is 12.8 Å². The quantitative estimate of drug-likeness (QED) is 0.327. The first-order valence-corrected chi connectivity index (χ1v) is 12.0. The van der Waals surface area contributed by atoms with Gasteiger partial charge in [0.15, 0.2) is 0 Å². The third-order valence-electron chi connectivity index (χ3n) is 5.76. The van der Waals surface area contributed by atoms with Crippen molar-refractivity contribution in [3.63, 3.8) is 0 Å². The Bertz CT molecular complexity index is 1310. The number of fused-ring (bicyclic) bond motifs is 4. The second-order valence-electron chi connectivity index (χ2n) is 7.66. The second-order valence-corrected chi connectivity index (χ2v) is 10.2. The number of carbonyl (C=O) groups is 1. The molecule has 5 rings (SSSR count). The van der Waals surface area contributed by atoms with Gasteiger partial charge in [0.25, 0.3) is 0 Å². The van der Waals surface area contributed by atoms with Crippen molar-refractivity contribution in [1.82, 2.24) is 0 Å². The molecule has 4 aromatic rings. The van der Waals surface area contributed by atoms with Crippen molar-refractivity contribution in [2.24, 2.45) is 0 Å². The first-order valence-electron chi connectivity index (χ1n) is 9.71. The topological polar surface area (TPSA) is 49.8 Å². The molecule has 0 radical (unpaired) electrons. The van der Waals surface area contributed by atoms with Gasteiger partial charge in [0.2, 0.25) is 0 Å². The van der Waals surface area contributed by atoms with Crippen LogP contribution in [0.25, 0.3) is 20.4 Å². The minimum absolute atomic E-state index is 0.00886. The molecule has 0 saturated heterocycles. The molecule has 1 atom stereocenters. The summed E-state index contributed by atoms with van der Waals surface area (Å²) in [4.78, 5) is 15.3. The van der Waals surface area contributed by atoms with E-state index in [4.69, 9.17) is 16.3 Å². The van der Waals surface area contributed by atoms with Crippen LogP contribution in [0, 0.1) is 6.92 Å². The third-order valence-corrected chi connectivity index (χ3v) is 8.45. The van der Waals surface area contributed by atoms with Crippen LogP contribution in [0.2, 0.25) is 0 Å². The predicted molar refractivity (Wildman–Crippen MR) is 123 cm³/mol. The van der Waals surface area contributed by atoms with E-state index in [1.165, 1.54) is 4.26 Å². The Labute approximate surface area is 185 Å². The van der Waals surface area contributed by atoms with Gasteiger partial charge < -0.3 is 0 Å². The average molecular weight is 485 g/mol. The molecule has 30 heavy (non-hydrogen) atoms. The van der Waals surface area contributed by atoms with E-state index in [0.29, 0.717) is 12.4 Å². The number of aromatic hydroxyl groups is 1. The Morgan fingerprint density at radius 2 is 2.03 bits per heavy atom. The molecule has 0 fully saturated rings. The molecule has 6 heteroatoms. The third kappa shape index (κ3) is 3.01. The van der Waals surface area contributed by atoms with E-state index in [-0.39, 0.29) is 32.1 Å². The first-order chi connectivity index (χ1) is 14.5. The number of nitrogens with zero attached hydrogens (tertiary/aromatic N) is 1. The Balaban J connectivity index is 1.63. The number of alkyl halides is 1. The molecule has 3 aromatic carbocycles. The van der Waals surface area contributed by atoms with Crippen LogP contribution in [0.3, 0.4) is 0 Å². The van der Waals surface area contributed by atoms with E-state index >= 15 is 0 Å². The number of ether oxygens (including phenoxy) is 1. The average Bonchev–Trinajstić information content (AvgIpc) is 3.34. The van der Waals surface area contributed by atoms with Gasteiger partial charge in [-0.1, -0.05) is 0 Å². The van der Waals surface area contributed by atoms with Crippen LogP contribution in [0.4, 0.5) is 5.69 Å². The number of rotatable bonds is 3. The number of methoxy groups -OCH3 is 1. The number of carbonyl (C=O) groups excluding carboxylic acids is 1. The Morgan fingerprint density at radius 1 is 1.20 bits per heavy atom. The minimum atomic E-state index is -0.0621. The van der Waals surface area contributed by atoms with Crippen molar-refractivity contribution in [2.75, 3.05) is 24.4 Å². The zero-order valence-corrected chi connectivity index (χ0v) is 19.1. The molecule has 0 saturated carbocycles. The zero-order valence-electron chi connectivity index (χ0n) is 16.6. The first kappa shape index (κ1) is 19.5. The predicted octanol–water partition coefficient (Wildman–Crippen LogP) is 5.06. The van der Waals surface area contributed by atoms with Crippen LogP contribution in [0.1, 0.15) is 26.3 Å². The van der Waals surface area contributed by atoms with Gasteiger partial charge in [0.1, 0.15) is 0 Å². The number of halogens is 1. The molecule has 0 bridgehead atoms. The van der Waals surface area contributed by atoms with Crippen LogP contribution in [0.15, 0.2) is 48.5 Å². The van der Waals surface area contributed by atoms with Gasteiger partial charge in [-0.2, -0.15) is 0 Å². The zero-order chi connectivity index (χ0) is 21.0. The number of hydrogen-bond donors (Lipinski definition) is 1. The Hall–Kier alpha value is -2.46. The van der Waals surface area contributed by atoms with Gasteiger partial charge in [0, 0.05) is 0 Å². The van der Waals surface area contributed by atoms with Gasteiger partial charge in [-0.05, 0) is 0 Å². The molecular weight excluding hydrogens is 465 g/mol. The summed E-state index contributed by atoms with van der Waals surface area (Å²) in [6, 6.07) is 15.6. The van der Waals surface area contributed by atoms with Gasteiger partial charge in [-0.15, -0.1) is 0 Å². The van der Waals surface area contributed by atoms with Gasteiger partial charge in [-0.25, -0.2) is 0 Å². The van der Waals surface area contributed by atoms with Crippen LogP contribution in [0.5, 0.6) is 11.5 Å². The fraction of sp³-hybridized carbons (Fsp3) is 0.208. The summed E-state index contributed by atoms with van der Waals surface area (Å²) in [6.07, 6.45) is 0. The van der Waals surface area contributed by atoms with E-state index in [9.17, 15) is 9.90 Å². The molecule has 0 aliphatic carbocycles. The van der Waals surface area contributed by atoms with E-state index < -0.39 is 0 Å². The van der Waals surface area contributed by atoms with Crippen LogP contribution < -0.4 is 9.64 Å². The molecule has 1 amide bonds. The molecule has 2 heterocycles. The molecule has 4 nitrogen and oxygen atoms in total. The molecule has 1 N–H and O–H groups in total. The van der Waals surface area contributed by atoms with Crippen LogP contribution >= 0.6 is 11.6 Å². The van der Waals surface area contributed by atoms with E-state index in [1.807, 2.05) is 43.3 Å². The van der Waals surface area contributed by atoms with Gasteiger partial charge >= 0.3 is 186 Å². The number of anilines is 1. The van der Waals surface area contributed by atoms with Crippen LogP contribution in [-0.4, -0.2) is 45.1 Å². The van der Waals surface area contributed by atoms with E-state index in [0.717, 1.165) is 43.2 Å². The number of phenolic OH excluding ortho intramolecular Hbond substituents is 1. The number of benzene rings is 3. The Kier molecular flexibility index (Phi) is 4.78. The molecule has 1 aliphatic heterocycles. The summed E-state index contributed by atoms with van der Waals surface area (Å²) < 4.78 is 7.29. The van der Waals surface area contributed by atoms with Crippen molar-refractivity contribution < 1.29 is 14.6 Å². The van der Waals surface area contributed by atoms with Crippen molar-refractivity contribution in [3.8, 4) is 11.5 Å². The molecule has 0 spiro atoms. The molecule has 152 valence electrons. The van der Waals surface area contributed by atoms with E-state index in [2.05, 4.69) is 6.07 Å².